The van der Waals surface area contributed by atoms with Crippen molar-refractivity contribution in [1.29, 1.82) is 0 Å². The van der Waals surface area contributed by atoms with Crippen molar-refractivity contribution in [3.63, 3.8) is 0 Å². The number of aromatic nitrogens is 1. The molecule has 2 aromatic rings. The highest BCUT2D eigenvalue weighted by Gasteiger charge is 2.32. The molecule has 0 spiro atoms. The molecule has 0 bridgehead atoms. The Bertz CT molecular complexity index is 918. The number of sulfonamides is 1. The van der Waals surface area contributed by atoms with Crippen LogP contribution < -0.4 is 10.5 Å². The number of halogens is 1. The second kappa shape index (κ2) is 7.20. The minimum Gasteiger partial charge on any atom is -0.364 e. The lowest BCUT2D eigenvalue weighted by atomic mass is 9.92. The van der Waals surface area contributed by atoms with Crippen LogP contribution in [0.4, 0.5) is 4.39 Å². The number of rotatable bonds is 6. The molecule has 1 saturated carbocycles. The normalized spacial score (nSPS) is 16.7. The summed E-state index contributed by atoms with van der Waals surface area (Å²) in [7, 11) is -2.40. The highest BCUT2D eigenvalue weighted by atomic mass is 32.2. The van der Waals surface area contributed by atoms with E-state index in [0.29, 0.717) is 5.56 Å². The molecular formula is C18H22FN3O3S. The Balaban J connectivity index is 1.96. The monoisotopic (exact) mass is 379 g/mol. The van der Waals surface area contributed by atoms with Crippen LogP contribution in [0.5, 0.6) is 0 Å². The van der Waals surface area contributed by atoms with Crippen molar-refractivity contribution < 1.29 is 17.6 Å². The summed E-state index contributed by atoms with van der Waals surface area (Å²) in [5.74, 6) is -1.12. The van der Waals surface area contributed by atoms with Crippen LogP contribution in [0.15, 0.2) is 41.4 Å². The van der Waals surface area contributed by atoms with Crippen molar-refractivity contribution in [3.05, 3.63) is 53.6 Å². The van der Waals surface area contributed by atoms with Crippen molar-refractivity contribution in [3.8, 4) is 0 Å². The van der Waals surface area contributed by atoms with Gasteiger partial charge in [-0.25, -0.2) is 17.5 Å². The van der Waals surface area contributed by atoms with E-state index < -0.39 is 27.8 Å². The molecule has 1 fully saturated rings. The molecular weight excluding hydrogens is 357 g/mol. The first-order valence-corrected chi connectivity index (χ1v) is 10.0. The van der Waals surface area contributed by atoms with Crippen LogP contribution in [-0.2, 0) is 17.1 Å². The van der Waals surface area contributed by atoms with Gasteiger partial charge in [-0.1, -0.05) is 31.0 Å². The third-order valence-corrected chi connectivity index (χ3v) is 6.34. The van der Waals surface area contributed by atoms with Crippen molar-refractivity contribution in [2.24, 2.45) is 18.7 Å². The third kappa shape index (κ3) is 3.66. The Morgan fingerprint density at radius 3 is 2.54 bits per heavy atom. The first-order chi connectivity index (χ1) is 12.3. The summed E-state index contributed by atoms with van der Waals surface area (Å²) in [6.07, 6.45) is 4.99. The molecule has 3 N–H and O–H groups in total. The van der Waals surface area contributed by atoms with Crippen LogP contribution in [0.25, 0.3) is 0 Å². The maximum atomic E-state index is 14.3. The third-order valence-electron chi connectivity index (χ3n) is 4.94. The first kappa shape index (κ1) is 18.6. The van der Waals surface area contributed by atoms with Crippen LogP contribution in [0.2, 0.25) is 0 Å². The van der Waals surface area contributed by atoms with E-state index in [1.165, 1.54) is 22.9 Å². The number of nitrogens with two attached hydrogens (primary N) is 1. The molecule has 1 amide bonds. The number of nitrogens with one attached hydrogen (secondary N) is 1. The lowest BCUT2D eigenvalue weighted by molar-refractivity contribution is 0.0992. The summed E-state index contributed by atoms with van der Waals surface area (Å²) in [5, 5.41) is 0. The molecule has 0 unspecified atom stereocenters. The Morgan fingerprint density at radius 1 is 1.31 bits per heavy atom. The maximum absolute atomic E-state index is 14.3. The van der Waals surface area contributed by atoms with E-state index in [0.717, 1.165) is 25.7 Å². The van der Waals surface area contributed by atoms with Gasteiger partial charge in [-0.3, -0.25) is 4.79 Å². The van der Waals surface area contributed by atoms with Crippen LogP contribution in [0.3, 0.4) is 0 Å². The van der Waals surface area contributed by atoms with Gasteiger partial charge in [0.1, 0.15) is 16.4 Å². The zero-order valence-electron chi connectivity index (χ0n) is 14.5. The SMILES string of the molecule is Cn1cc(S(=O)(=O)N[C@@H](c2ccccc2F)C2CCCC2)cc1C(N)=O. The standard InChI is InChI=1S/C18H22FN3O3S/c1-22-11-13(10-16(22)18(20)23)26(24,25)21-17(12-6-2-3-7-12)14-8-4-5-9-15(14)19/h4-5,8-12,17,21H,2-3,6-7H2,1H3,(H2,20,23)/t17-/m1/s1. The fourth-order valence-corrected chi connectivity index (χ4v) is 4.95. The van der Waals surface area contributed by atoms with Crippen LogP contribution in [0, 0.1) is 11.7 Å². The molecule has 1 aromatic heterocycles. The average molecular weight is 379 g/mol. The quantitative estimate of drug-likeness (QED) is 0.807. The highest BCUT2D eigenvalue weighted by molar-refractivity contribution is 7.89. The molecule has 1 heterocycles. The summed E-state index contributed by atoms with van der Waals surface area (Å²) in [4.78, 5) is 11.3. The fourth-order valence-electron chi connectivity index (χ4n) is 3.59. The largest absolute Gasteiger partial charge is 0.364 e. The Hall–Kier alpha value is -2.19. The minimum atomic E-state index is -3.94. The molecule has 8 heteroatoms. The summed E-state index contributed by atoms with van der Waals surface area (Å²) >= 11 is 0. The van der Waals surface area contributed by atoms with Crippen molar-refractivity contribution in [2.75, 3.05) is 0 Å². The van der Waals surface area contributed by atoms with E-state index >= 15 is 0 Å². The van der Waals surface area contributed by atoms with Gasteiger partial charge < -0.3 is 10.3 Å². The van der Waals surface area contributed by atoms with Crippen molar-refractivity contribution in [1.82, 2.24) is 9.29 Å². The van der Waals surface area contributed by atoms with E-state index in [1.54, 1.807) is 25.2 Å². The van der Waals surface area contributed by atoms with E-state index in [-0.39, 0.29) is 16.5 Å². The van der Waals surface area contributed by atoms with E-state index in [2.05, 4.69) is 4.72 Å². The Kier molecular flexibility index (Phi) is 5.15. The van der Waals surface area contributed by atoms with Crippen LogP contribution in [-0.4, -0.2) is 18.9 Å². The molecule has 140 valence electrons. The summed E-state index contributed by atoms with van der Waals surface area (Å²) in [5.41, 5.74) is 5.69. The van der Waals surface area contributed by atoms with Gasteiger partial charge in [0.05, 0.1) is 6.04 Å². The predicted octanol–water partition coefficient (Wildman–Crippen LogP) is 2.47. The number of nitrogens with zero attached hydrogens (tertiary/aromatic N) is 1. The minimum absolute atomic E-state index is 0.0287. The summed E-state index contributed by atoms with van der Waals surface area (Å²) in [6, 6.07) is 6.80. The Labute approximate surface area is 152 Å². The molecule has 0 radical (unpaired) electrons. The van der Waals surface area contributed by atoms with Crippen LogP contribution >= 0.6 is 0 Å². The van der Waals surface area contributed by atoms with Gasteiger partial charge in [-0.2, -0.15) is 0 Å². The second-order valence-corrected chi connectivity index (χ2v) is 8.42. The van der Waals surface area contributed by atoms with Gasteiger partial charge in [-0.05, 0) is 30.9 Å². The van der Waals surface area contributed by atoms with Gasteiger partial charge >= 0.3 is 0 Å². The number of carbonyl (C=O) groups is 1. The zero-order valence-corrected chi connectivity index (χ0v) is 15.3. The number of amides is 1. The lowest BCUT2D eigenvalue weighted by Gasteiger charge is -2.25. The van der Waals surface area contributed by atoms with Gasteiger partial charge in [0.25, 0.3) is 5.91 Å². The van der Waals surface area contributed by atoms with Crippen molar-refractivity contribution in [2.45, 2.75) is 36.6 Å². The molecule has 26 heavy (non-hydrogen) atoms. The number of primary amides is 1. The second-order valence-electron chi connectivity index (χ2n) is 6.70. The number of carbonyl (C=O) groups excluding carboxylic acids is 1. The van der Waals surface area contributed by atoms with Gasteiger partial charge in [0, 0.05) is 18.8 Å². The fraction of sp³-hybridized carbons (Fsp3) is 0.389. The van der Waals surface area contributed by atoms with Gasteiger partial charge in [0.15, 0.2) is 0 Å². The molecule has 6 nitrogen and oxygen atoms in total. The molecule has 0 aliphatic heterocycles. The van der Waals surface area contributed by atoms with Gasteiger partial charge in [-0.15, -0.1) is 0 Å². The molecule has 1 atom stereocenters. The summed E-state index contributed by atoms with van der Waals surface area (Å²) in [6.45, 7) is 0. The zero-order chi connectivity index (χ0) is 18.9. The number of hydrogen-bond acceptors (Lipinski definition) is 3. The smallest absolute Gasteiger partial charge is 0.265 e. The lowest BCUT2D eigenvalue weighted by Crippen LogP contribution is -2.33. The van der Waals surface area contributed by atoms with E-state index in [1.807, 2.05) is 0 Å². The van der Waals surface area contributed by atoms with E-state index in [4.69, 9.17) is 5.73 Å². The molecule has 0 saturated heterocycles. The number of aryl methyl sites for hydroxylation is 1. The Morgan fingerprint density at radius 2 is 1.96 bits per heavy atom. The number of benzene rings is 1. The molecule has 3 rings (SSSR count). The molecule has 1 aliphatic rings. The predicted molar refractivity (Wildman–Crippen MR) is 95.4 cm³/mol. The summed E-state index contributed by atoms with van der Waals surface area (Å²) < 4.78 is 44.1. The first-order valence-electron chi connectivity index (χ1n) is 8.52. The molecule has 1 aliphatic carbocycles. The van der Waals surface area contributed by atoms with Crippen LogP contribution in [0.1, 0.15) is 47.8 Å². The number of hydrogen-bond donors (Lipinski definition) is 2. The highest BCUT2D eigenvalue weighted by Crippen LogP contribution is 2.37. The average Bonchev–Trinajstić information content (AvgIpc) is 3.23. The molecule has 1 aromatic carbocycles. The maximum Gasteiger partial charge on any atom is 0.265 e. The van der Waals surface area contributed by atoms with Gasteiger partial charge in [0.2, 0.25) is 10.0 Å². The topological polar surface area (TPSA) is 94.2 Å². The van der Waals surface area contributed by atoms with Crippen molar-refractivity contribution >= 4 is 15.9 Å². The van der Waals surface area contributed by atoms with E-state index in [9.17, 15) is 17.6 Å².